The number of hydrogen-bond acceptors (Lipinski definition) is 6. The first-order valence-electron chi connectivity index (χ1n) is 12.2. The lowest BCUT2D eigenvalue weighted by Gasteiger charge is -2.42. The van der Waals surface area contributed by atoms with Gasteiger partial charge in [0.05, 0.1) is 0 Å². The van der Waals surface area contributed by atoms with Crippen LogP contribution in [0.25, 0.3) is 6.08 Å². The summed E-state index contributed by atoms with van der Waals surface area (Å²) in [7, 11) is 0. The van der Waals surface area contributed by atoms with E-state index in [0.29, 0.717) is 18.5 Å². The van der Waals surface area contributed by atoms with E-state index in [1.807, 2.05) is 6.07 Å². The van der Waals surface area contributed by atoms with Crippen molar-refractivity contribution in [2.24, 2.45) is 5.92 Å². The number of piperidine rings is 1. The van der Waals surface area contributed by atoms with Gasteiger partial charge >= 0.3 is 17.8 Å². The van der Waals surface area contributed by atoms with Gasteiger partial charge in [-0.25, -0.2) is 14.5 Å². The molecule has 3 aromatic rings. The fourth-order valence-corrected chi connectivity index (χ4v) is 4.79. The van der Waals surface area contributed by atoms with E-state index in [0.717, 1.165) is 24.8 Å². The first-order chi connectivity index (χ1) is 17.5. The first kappa shape index (κ1) is 23.8. The van der Waals surface area contributed by atoms with E-state index < -0.39 is 17.8 Å². The number of ether oxygens (including phenoxy) is 2. The number of nitrogens with zero attached hydrogens (tertiary/aromatic N) is 1. The fourth-order valence-electron chi connectivity index (χ4n) is 4.79. The SMILES string of the molecule is O=C1OC2(CC(/C=C/c3ccc(CCc4ccccc4)cc3)CCN2Cc2ccc[nH]c2=O)OC1=O. The number of aromatic amines is 1. The van der Waals surface area contributed by atoms with Crippen molar-refractivity contribution in [3.05, 3.63) is 112 Å². The Morgan fingerprint density at radius 3 is 2.28 bits per heavy atom. The lowest BCUT2D eigenvalue weighted by atomic mass is 9.92. The van der Waals surface area contributed by atoms with Gasteiger partial charge in [-0.3, -0.25) is 4.79 Å². The number of likely N-dealkylation sites (tertiary alicyclic amines) is 1. The molecule has 2 aliphatic heterocycles. The summed E-state index contributed by atoms with van der Waals surface area (Å²) in [5.41, 5.74) is 3.97. The number of esters is 2. The zero-order valence-corrected chi connectivity index (χ0v) is 19.9. The van der Waals surface area contributed by atoms with Gasteiger partial charge in [-0.15, -0.1) is 0 Å². The van der Waals surface area contributed by atoms with E-state index in [9.17, 15) is 14.4 Å². The van der Waals surface area contributed by atoms with Crippen LogP contribution in [0, 0.1) is 5.92 Å². The smallest absolute Gasteiger partial charge is 0.400 e. The van der Waals surface area contributed by atoms with Crippen LogP contribution in [-0.4, -0.2) is 34.3 Å². The molecule has 0 aliphatic carbocycles. The molecule has 1 atom stereocenters. The van der Waals surface area contributed by atoms with Crippen LogP contribution in [0.2, 0.25) is 0 Å². The summed E-state index contributed by atoms with van der Waals surface area (Å²) in [5, 5.41) is 0. The van der Waals surface area contributed by atoms with Crippen LogP contribution < -0.4 is 5.56 Å². The van der Waals surface area contributed by atoms with Crippen molar-refractivity contribution in [2.75, 3.05) is 6.54 Å². The van der Waals surface area contributed by atoms with E-state index in [1.165, 1.54) is 11.1 Å². The molecular formula is C29H28N2O5. The maximum Gasteiger partial charge on any atom is 0.421 e. The Hall–Kier alpha value is -3.97. The Morgan fingerprint density at radius 1 is 0.889 bits per heavy atom. The largest absolute Gasteiger partial charge is 0.421 e. The number of nitrogens with one attached hydrogen (secondary N) is 1. The highest BCUT2D eigenvalue weighted by molar-refractivity contribution is 6.31. The Kier molecular flexibility index (Phi) is 6.82. The molecule has 36 heavy (non-hydrogen) atoms. The number of H-pyrrole nitrogens is 1. The van der Waals surface area contributed by atoms with Crippen LogP contribution in [0.5, 0.6) is 0 Å². The van der Waals surface area contributed by atoms with Gasteiger partial charge < -0.3 is 14.5 Å². The van der Waals surface area contributed by atoms with Crippen molar-refractivity contribution in [1.29, 1.82) is 0 Å². The quantitative estimate of drug-likeness (QED) is 0.405. The summed E-state index contributed by atoms with van der Waals surface area (Å²) in [5.74, 6) is -3.47. The van der Waals surface area contributed by atoms with Crippen molar-refractivity contribution in [3.63, 3.8) is 0 Å². The number of hydrogen-bond donors (Lipinski definition) is 1. The third kappa shape index (κ3) is 5.31. The van der Waals surface area contributed by atoms with Gasteiger partial charge in [0.25, 0.3) is 5.56 Å². The molecule has 7 nitrogen and oxygen atoms in total. The highest BCUT2D eigenvalue weighted by Gasteiger charge is 2.55. The van der Waals surface area contributed by atoms with Gasteiger partial charge in [0.15, 0.2) is 0 Å². The maximum atomic E-state index is 12.2. The Morgan fingerprint density at radius 2 is 1.58 bits per heavy atom. The van der Waals surface area contributed by atoms with Crippen LogP contribution in [-0.2, 0) is 38.4 Å². The number of allylic oxidation sites excluding steroid dienone is 1. The van der Waals surface area contributed by atoms with Crippen LogP contribution >= 0.6 is 0 Å². The monoisotopic (exact) mass is 484 g/mol. The predicted molar refractivity (Wildman–Crippen MR) is 134 cm³/mol. The molecule has 2 saturated heterocycles. The van der Waals surface area contributed by atoms with Gasteiger partial charge in [0, 0.05) is 31.3 Å². The molecule has 1 spiro atoms. The van der Waals surface area contributed by atoms with E-state index in [2.05, 4.69) is 65.7 Å². The average Bonchev–Trinajstić information content (AvgIpc) is 3.18. The standard InChI is InChI=1S/C29H28N2O5/c32-26-25(7-4-17-30-26)20-31-18-16-24(19-29(31)35-27(33)28(34)36-29)15-14-23-12-10-22(11-13-23)9-8-21-5-2-1-3-6-21/h1-7,10-15,17,24H,8-9,16,18-20H2,(H,30,32)/b15-14+. The van der Waals surface area contributed by atoms with E-state index >= 15 is 0 Å². The van der Waals surface area contributed by atoms with E-state index in [1.54, 1.807) is 23.2 Å². The number of carbonyl (C=O) groups is 2. The van der Waals surface area contributed by atoms with E-state index in [4.69, 9.17) is 9.47 Å². The molecule has 2 aliphatic rings. The molecule has 1 unspecified atom stereocenters. The molecule has 7 heteroatoms. The molecule has 1 N–H and O–H groups in total. The lowest BCUT2D eigenvalue weighted by molar-refractivity contribution is -0.271. The number of pyridine rings is 1. The molecule has 0 amide bonds. The lowest BCUT2D eigenvalue weighted by Crippen LogP contribution is -2.55. The van der Waals surface area contributed by atoms with Crippen molar-refractivity contribution in [3.8, 4) is 0 Å². The fraction of sp³-hybridized carbons (Fsp3) is 0.276. The molecule has 3 heterocycles. The molecule has 2 aromatic carbocycles. The minimum Gasteiger partial charge on any atom is -0.400 e. The third-order valence-electron chi connectivity index (χ3n) is 6.79. The van der Waals surface area contributed by atoms with Crippen LogP contribution in [0.1, 0.15) is 35.1 Å². The molecule has 0 radical (unpaired) electrons. The van der Waals surface area contributed by atoms with Crippen molar-refractivity contribution in [1.82, 2.24) is 9.88 Å². The second-order valence-electron chi connectivity index (χ2n) is 9.28. The number of rotatable bonds is 7. The van der Waals surface area contributed by atoms with Gasteiger partial charge in [0.1, 0.15) is 0 Å². The molecule has 184 valence electrons. The van der Waals surface area contributed by atoms with Crippen LogP contribution in [0.15, 0.2) is 83.8 Å². The minimum absolute atomic E-state index is 0.0340. The number of benzene rings is 2. The summed E-state index contributed by atoms with van der Waals surface area (Å²) < 4.78 is 10.9. The molecule has 0 bridgehead atoms. The minimum atomic E-state index is -1.50. The summed E-state index contributed by atoms with van der Waals surface area (Å²) in [4.78, 5) is 40.5. The topological polar surface area (TPSA) is 88.7 Å². The molecular weight excluding hydrogens is 456 g/mol. The Bertz CT molecular complexity index is 1300. The zero-order chi connectivity index (χ0) is 25.0. The zero-order valence-electron chi connectivity index (χ0n) is 19.9. The first-order valence-corrected chi connectivity index (χ1v) is 12.2. The predicted octanol–water partition coefficient (Wildman–Crippen LogP) is 3.84. The second-order valence-corrected chi connectivity index (χ2v) is 9.28. The number of aromatic nitrogens is 1. The Labute approximate surface area is 209 Å². The van der Waals surface area contributed by atoms with Gasteiger partial charge in [-0.05, 0) is 47.9 Å². The molecule has 5 rings (SSSR count). The van der Waals surface area contributed by atoms with Crippen molar-refractivity contribution in [2.45, 2.75) is 38.1 Å². The van der Waals surface area contributed by atoms with Gasteiger partial charge in [0.2, 0.25) is 0 Å². The van der Waals surface area contributed by atoms with E-state index in [-0.39, 0.29) is 18.0 Å². The number of aryl methyl sites for hydroxylation is 2. The van der Waals surface area contributed by atoms with Crippen LogP contribution in [0.4, 0.5) is 0 Å². The highest BCUT2D eigenvalue weighted by atomic mass is 16.8. The molecule has 0 saturated carbocycles. The highest BCUT2D eigenvalue weighted by Crippen LogP contribution is 2.39. The van der Waals surface area contributed by atoms with Crippen molar-refractivity contribution >= 4 is 18.0 Å². The third-order valence-corrected chi connectivity index (χ3v) is 6.79. The summed E-state index contributed by atoms with van der Waals surface area (Å²) in [6, 6.07) is 22.4. The average molecular weight is 485 g/mol. The normalized spacial score (nSPS) is 19.5. The number of carbonyl (C=O) groups excluding carboxylic acids is 2. The van der Waals surface area contributed by atoms with Crippen LogP contribution in [0.3, 0.4) is 0 Å². The maximum absolute atomic E-state index is 12.2. The molecule has 1 aromatic heterocycles. The van der Waals surface area contributed by atoms with Crippen molar-refractivity contribution < 1.29 is 19.1 Å². The summed E-state index contributed by atoms with van der Waals surface area (Å²) in [6.07, 6.45) is 8.75. The van der Waals surface area contributed by atoms with Gasteiger partial charge in [-0.2, -0.15) is 0 Å². The van der Waals surface area contributed by atoms with Gasteiger partial charge in [-0.1, -0.05) is 72.8 Å². The summed E-state index contributed by atoms with van der Waals surface area (Å²) >= 11 is 0. The second kappa shape index (κ2) is 10.3. The summed E-state index contributed by atoms with van der Waals surface area (Å²) in [6.45, 7) is 0.708. The molecule has 2 fully saturated rings. The Balaban J connectivity index is 1.25.